The maximum absolute atomic E-state index is 14.2. The Hall–Kier alpha value is -2.93. The zero-order chi connectivity index (χ0) is 28.2. The van der Waals surface area contributed by atoms with Crippen LogP contribution in [0.5, 0.6) is 0 Å². The molecular formula is C26H24BrF4N5O2S. The summed E-state index contributed by atoms with van der Waals surface area (Å²) in [5, 5.41) is 0.197. The Morgan fingerprint density at radius 1 is 1.21 bits per heavy atom. The number of alkyl halides is 3. The van der Waals surface area contributed by atoms with Gasteiger partial charge in [0.2, 0.25) is 5.91 Å². The molecule has 206 valence electrons. The number of nitrogens with zero attached hydrogens (tertiary/aromatic N) is 5. The molecule has 1 aromatic carbocycles. The summed E-state index contributed by atoms with van der Waals surface area (Å²) >= 11 is 4.36. The third kappa shape index (κ3) is 4.94. The van der Waals surface area contributed by atoms with Crippen LogP contribution < -0.4 is 10.6 Å². The van der Waals surface area contributed by atoms with E-state index in [4.69, 9.17) is 0 Å². The van der Waals surface area contributed by atoms with Crippen molar-refractivity contribution in [2.45, 2.75) is 49.5 Å². The molecular weight excluding hydrogens is 602 g/mol. The Morgan fingerprint density at radius 2 is 1.90 bits per heavy atom. The maximum Gasteiger partial charge on any atom is 0.417 e. The molecule has 0 aliphatic carbocycles. The van der Waals surface area contributed by atoms with E-state index in [-0.39, 0.29) is 64.1 Å². The minimum Gasteiger partial charge on any atom is -0.352 e. The molecule has 2 aliphatic heterocycles. The lowest BCUT2D eigenvalue weighted by atomic mass is 10.0. The van der Waals surface area contributed by atoms with Crippen LogP contribution in [0.25, 0.3) is 10.9 Å². The fourth-order valence-electron chi connectivity index (χ4n) is 5.42. The molecule has 0 bridgehead atoms. The summed E-state index contributed by atoms with van der Waals surface area (Å²) in [7, 11) is 0. The highest BCUT2D eigenvalue weighted by molar-refractivity contribution is 9.10. The summed E-state index contributed by atoms with van der Waals surface area (Å²) in [5.41, 5.74) is -0.598. The summed E-state index contributed by atoms with van der Waals surface area (Å²) in [6.07, 6.45) is -2.35. The van der Waals surface area contributed by atoms with Crippen LogP contribution in [-0.4, -0.2) is 56.3 Å². The van der Waals surface area contributed by atoms with E-state index in [0.717, 1.165) is 12.3 Å². The standard InChI is InChI=1S/C26H24BrF4N5O2S/c1-4-20(37)36-13(2)9-34(10-14(36)3)24-17-7-18(26(29,30)31)21(27)23-22(17)35(25(38)33-24)11-15(12-39-23)19-6-5-16(28)8-32-19/h4-8,13-15H,1,9-12H2,2-3H3/t13-,14+,15-/m0/s1. The number of carbonyl (C=O) groups excluding carboxylic acids is 1. The van der Waals surface area contributed by atoms with Crippen molar-refractivity contribution in [2.24, 2.45) is 0 Å². The number of rotatable bonds is 3. The fraction of sp³-hybridized carbons (Fsp3) is 0.385. The fourth-order valence-corrected chi connectivity index (χ4v) is 7.53. The number of hydrogen-bond acceptors (Lipinski definition) is 6. The van der Waals surface area contributed by atoms with E-state index in [0.29, 0.717) is 17.0 Å². The van der Waals surface area contributed by atoms with Crippen molar-refractivity contribution in [3.63, 3.8) is 0 Å². The van der Waals surface area contributed by atoms with Crippen molar-refractivity contribution >= 4 is 50.3 Å². The Morgan fingerprint density at radius 3 is 2.49 bits per heavy atom. The number of amides is 1. The molecule has 5 rings (SSSR count). The van der Waals surface area contributed by atoms with E-state index in [1.165, 1.54) is 34.5 Å². The largest absolute Gasteiger partial charge is 0.417 e. The molecule has 0 spiro atoms. The van der Waals surface area contributed by atoms with Gasteiger partial charge in [-0.1, -0.05) is 6.58 Å². The molecule has 0 N–H and O–H groups in total. The van der Waals surface area contributed by atoms with Crippen molar-refractivity contribution in [1.82, 2.24) is 19.4 Å². The maximum atomic E-state index is 14.2. The first-order chi connectivity index (χ1) is 18.4. The van der Waals surface area contributed by atoms with E-state index in [2.05, 4.69) is 32.5 Å². The van der Waals surface area contributed by atoms with Crippen LogP contribution in [0.2, 0.25) is 0 Å². The molecule has 4 heterocycles. The zero-order valence-electron chi connectivity index (χ0n) is 21.0. The number of aromatic nitrogens is 3. The van der Waals surface area contributed by atoms with Gasteiger partial charge in [-0.25, -0.2) is 9.18 Å². The average molecular weight is 626 g/mol. The summed E-state index contributed by atoms with van der Waals surface area (Å²) in [5.74, 6) is -0.651. The number of piperazine rings is 1. The number of pyridine rings is 1. The molecule has 1 fully saturated rings. The number of anilines is 1. The molecule has 39 heavy (non-hydrogen) atoms. The van der Waals surface area contributed by atoms with Gasteiger partial charge in [0, 0.05) is 63.8 Å². The second kappa shape index (κ2) is 10.2. The number of hydrogen-bond donors (Lipinski definition) is 0. The predicted molar refractivity (Wildman–Crippen MR) is 145 cm³/mol. The molecule has 7 nitrogen and oxygen atoms in total. The lowest BCUT2D eigenvalue weighted by molar-refractivity contribution is -0.138. The first-order valence-corrected chi connectivity index (χ1v) is 14.0. The monoisotopic (exact) mass is 625 g/mol. The normalized spacial score (nSPS) is 21.7. The van der Waals surface area contributed by atoms with Crippen LogP contribution in [0.1, 0.15) is 31.0 Å². The Bertz CT molecular complexity index is 1520. The van der Waals surface area contributed by atoms with Gasteiger partial charge in [-0.15, -0.1) is 11.8 Å². The van der Waals surface area contributed by atoms with Crippen molar-refractivity contribution < 1.29 is 22.4 Å². The number of benzene rings is 1. The summed E-state index contributed by atoms with van der Waals surface area (Å²) in [6, 6.07) is 3.23. The van der Waals surface area contributed by atoms with E-state index in [9.17, 15) is 27.2 Å². The minimum atomic E-state index is -4.66. The van der Waals surface area contributed by atoms with Gasteiger partial charge in [0.1, 0.15) is 11.6 Å². The Kier molecular flexibility index (Phi) is 7.25. The van der Waals surface area contributed by atoms with Gasteiger partial charge >= 0.3 is 11.9 Å². The zero-order valence-corrected chi connectivity index (χ0v) is 23.4. The molecule has 0 unspecified atom stereocenters. The summed E-state index contributed by atoms with van der Waals surface area (Å²) in [4.78, 5) is 38.1. The first-order valence-electron chi connectivity index (χ1n) is 12.2. The molecule has 1 saturated heterocycles. The van der Waals surface area contributed by atoms with E-state index in [1.54, 1.807) is 9.80 Å². The Labute approximate surface area is 234 Å². The molecule has 0 radical (unpaired) electrons. The summed E-state index contributed by atoms with van der Waals surface area (Å²) in [6.45, 7) is 7.89. The van der Waals surface area contributed by atoms with Gasteiger partial charge in [-0.2, -0.15) is 18.2 Å². The van der Waals surface area contributed by atoms with Gasteiger partial charge in [0.25, 0.3) is 0 Å². The van der Waals surface area contributed by atoms with Crippen LogP contribution in [-0.2, 0) is 17.5 Å². The van der Waals surface area contributed by atoms with Crippen molar-refractivity contribution in [3.05, 3.63) is 69.1 Å². The molecule has 3 aromatic rings. The van der Waals surface area contributed by atoms with Crippen LogP contribution in [0.4, 0.5) is 23.4 Å². The summed E-state index contributed by atoms with van der Waals surface area (Å²) < 4.78 is 57.4. The highest BCUT2D eigenvalue weighted by atomic mass is 79.9. The van der Waals surface area contributed by atoms with E-state index in [1.807, 2.05) is 13.8 Å². The van der Waals surface area contributed by atoms with E-state index < -0.39 is 23.2 Å². The highest BCUT2D eigenvalue weighted by Crippen LogP contribution is 2.47. The second-order valence-corrected chi connectivity index (χ2v) is 11.6. The van der Waals surface area contributed by atoms with Crippen molar-refractivity contribution in [3.8, 4) is 0 Å². The number of halogens is 5. The van der Waals surface area contributed by atoms with Gasteiger partial charge < -0.3 is 9.80 Å². The average Bonchev–Trinajstić information content (AvgIpc) is 3.08. The first kappa shape index (κ1) is 27.6. The predicted octanol–water partition coefficient (Wildman–Crippen LogP) is 5.21. The van der Waals surface area contributed by atoms with Gasteiger partial charge in [-0.3, -0.25) is 14.3 Å². The van der Waals surface area contributed by atoms with Crippen LogP contribution >= 0.6 is 27.7 Å². The third-order valence-corrected chi connectivity index (χ3v) is 9.43. The smallest absolute Gasteiger partial charge is 0.352 e. The lowest BCUT2D eigenvalue weighted by Gasteiger charge is -2.44. The third-order valence-electron chi connectivity index (χ3n) is 7.09. The van der Waals surface area contributed by atoms with Crippen molar-refractivity contribution in [2.75, 3.05) is 23.7 Å². The molecule has 0 saturated carbocycles. The van der Waals surface area contributed by atoms with Crippen LogP contribution in [0.15, 0.2) is 51.2 Å². The topological polar surface area (TPSA) is 71.3 Å². The van der Waals surface area contributed by atoms with Crippen LogP contribution in [0, 0.1) is 5.82 Å². The van der Waals surface area contributed by atoms with Crippen molar-refractivity contribution in [1.29, 1.82) is 0 Å². The second-order valence-electron chi connectivity index (χ2n) is 9.75. The number of carbonyl (C=O) groups is 1. The van der Waals surface area contributed by atoms with Gasteiger partial charge in [0.05, 0.1) is 17.3 Å². The van der Waals surface area contributed by atoms with E-state index >= 15 is 0 Å². The quantitative estimate of drug-likeness (QED) is 0.294. The number of thioether (sulfide) groups is 1. The molecule has 2 aromatic heterocycles. The molecule has 1 amide bonds. The van der Waals surface area contributed by atoms with Crippen LogP contribution in [0.3, 0.4) is 0 Å². The highest BCUT2D eigenvalue weighted by Gasteiger charge is 2.39. The Balaban J connectivity index is 1.69. The molecule has 13 heteroatoms. The molecule has 3 atom stereocenters. The molecule has 2 aliphatic rings. The van der Waals surface area contributed by atoms with Gasteiger partial charge in [0.15, 0.2) is 0 Å². The minimum absolute atomic E-state index is 0.119. The lowest BCUT2D eigenvalue weighted by Crippen LogP contribution is -2.58. The SMILES string of the molecule is C=CC(=O)N1[C@H](C)CN(c2nc(=O)n3c4c(c(Br)c(C(F)(F)F)cc24)SC[C@@H](c2ccc(F)cn2)C3)C[C@@H]1C. The van der Waals surface area contributed by atoms with Gasteiger partial charge in [-0.05, 0) is 54.1 Å².